The number of Topliss-reactive ketones (excluding diaryl/α,β-unsaturated/α-hetero) is 1. The van der Waals surface area contributed by atoms with E-state index < -0.39 is 64.9 Å². The molecule has 0 bridgehead atoms. The predicted molar refractivity (Wildman–Crippen MR) is 116 cm³/mol. The highest BCUT2D eigenvalue weighted by Gasteiger charge is 2.74. The van der Waals surface area contributed by atoms with E-state index in [0.717, 1.165) is 5.57 Å². The molecule has 0 aromatic rings. The van der Waals surface area contributed by atoms with Crippen LogP contribution < -0.4 is 0 Å². The van der Waals surface area contributed by atoms with Gasteiger partial charge in [0.25, 0.3) is 0 Å². The number of carboxylic acids is 1. The zero-order chi connectivity index (χ0) is 25.1. The molecule has 3 fully saturated rings. The summed E-state index contributed by atoms with van der Waals surface area (Å²) in [4.78, 5) is 47.4. The molecule has 0 aromatic carbocycles. The van der Waals surface area contributed by atoms with Crippen molar-refractivity contribution in [3.05, 3.63) is 11.6 Å². The van der Waals surface area contributed by atoms with Crippen LogP contribution in [0.1, 0.15) is 71.6 Å². The third-order valence-corrected chi connectivity index (χ3v) is 9.56. The summed E-state index contributed by atoms with van der Waals surface area (Å²) in [6, 6.07) is 0. The van der Waals surface area contributed by atoms with Gasteiger partial charge < -0.3 is 20.1 Å². The number of aliphatic hydroxyl groups excluding tert-OH is 1. The molecule has 8 nitrogen and oxygen atoms in total. The maximum absolute atomic E-state index is 17.0. The Morgan fingerprint density at radius 1 is 1.12 bits per heavy atom. The first-order chi connectivity index (χ1) is 15.8. The molecule has 7 unspecified atom stereocenters. The van der Waals surface area contributed by atoms with Crippen LogP contribution in [0.4, 0.5) is 4.39 Å². The lowest BCUT2D eigenvalue weighted by Crippen LogP contribution is -2.69. The highest BCUT2D eigenvalue weighted by molar-refractivity contribution is 5.92. The second kappa shape index (κ2) is 8.22. The molecule has 9 heteroatoms. The molecule has 3 N–H and O–H groups in total. The number of hydrogen-bond donors (Lipinski definition) is 3. The predicted octanol–water partition coefficient (Wildman–Crippen LogP) is 2.29. The fourth-order valence-electron chi connectivity index (χ4n) is 7.58. The Hall–Kier alpha value is -2.13. The molecular weight excluding hydrogens is 447 g/mol. The first-order valence-corrected chi connectivity index (χ1v) is 12.0. The summed E-state index contributed by atoms with van der Waals surface area (Å²) in [7, 11) is 0. The van der Waals surface area contributed by atoms with Crippen molar-refractivity contribution >= 4 is 23.5 Å². The highest BCUT2D eigenvalue weighted by Crippen LogP contribution is 2.70. The Bertz CT molecular complexity index is 961. The molecule has 4 aliphatic rings. The number of hydrogen-bond acceptors (Lipinski definition) is 7. The average molecular weight is 481 g/mol. The van der Waals surface area contributed by atoms with Crippen molar-refractivity contribution in [1.29, 1.82) is 0 Å². The van der Waals surface area contributed by atoms with Gasteiger partial charge >= 0.3 is 11.9 Å². The van der Waals surface area contributed by atoms with E-state index in [2.05, 4.69) is 0 Å². The molecule has 0 radical (unpaired) electrons. The highest BCUT2D eigenvalue weighted by atomic mass is 19.1. The molecule has 3 saturated carbocycles. The number of aliphatic carboxylic acids is 1. The van der Waals surface area contributed by atoms with Crippen molar-refractivity contribution in [3.8, 4) is 0 Å². The average Bonchev–Trinajstić information content (AvgIpc) is 3.03. The van der Waals surface area contributed by atoms with Crippen LogP contribution >= 0.6 is 0 Å². The van der Waals surface area contributed by atoms with Crippen LogP contribution in [-0.2, 0) is 23.9 Å². The first kappa shape index (κ1) is 25.0. The van der Waals surface area contributed by atoms with Crippen LogP contribution in [0.2, 0.25) is 0 Å². The Morgan fingerprint density at radius 2 is 1.82 bits per heavy atom. The largest absolute Gasteiger partial charge is 0.481 e. The molecule has 188 valence electrons. The normalized spacial score (nSPS) is 43.3. The van der Waals surface area contributed by atoms with Crippen LogP contribution in [0, 0.1) is 22.7 Å². The lowest BCUT2D eigenvalue weighted by Gasteiger charge is -2.63. The van der Waals surface area contributed by atoms with Crippen LogP contribution in [0.5, 0.6) is 0 Å². The summed E-state index contributed by atoms with van der Waals surface area (Å²) in [6.45, 7) is 2.79. The van der Waals surface area contributed by atoms with Gasteiger partial charge in [0.2, 0.25) is 5.78 Å². The second-order valence-electron chi connectivity index (χ2n) is 11.0. The summed E-state index contributed by atoms with van der Waals surface area (Å²) in [5.74, 6) is -3.71. The minimum atomic E-state index is -1.97. The lowest BCUT2D eigenvalue weighted by atomic mass is 9.44. The van der Waals surface area contributed by atoms with Gasteiger partial charge in [-0.05, 0) is 50.5 Å². The van der Waals surface area contributed by atoms with Gasteiger partial charge in [0.1, 0.15) is 11.3 Å². The van der Waals surface area contributed by atoms with Crippen molar-refractivity contribution < 1.29 is 43.6 Å². The molecule has 0 heterocycles. The summed E-state index contributed by atoms with van der Waals surface area (Å²) in [5, 5.41) is 31.5. The van der Waals surface area contributed by atoms with Crippen molar-refractivity contribution in [2.45, 2.75) is 89.0 Å². The summed E-state index contributed by atoms with van der Waals surface area (Å²) >= 11 is 0. The molecule has 4 rings (SSSR count). The molecule has 34 heavy (non-hydrogen) atoms. The molecule has 0 aliphatic heterocycles. The topological polar surface area (TPSA) is 138 Å². The number of alkyl halides is 1. The zero-order valence-corrected chi connectivity index (χ0v) is 19.6. The molecule has 7 atom stereocenters. The number of fused-ring (bicyclic) bond motifs is 5. The maximum Gasteiger partial charge on any atom is 0.306 e. The van der Waals surface area contributed by atoms with E-state index in [1.807, 2.05) is 0 Å². The van der Waals surface area contributed by atoms with E-state index in [1.165, 1.54) is 6.08 Å². The quantitative estimate of drug-likeness (QED) is 0.492. The van der Waals surface area contributed by atoms with E-state index >= 15 is 4.39 Å². The molecule has 4 aliphatic carbocycles. The van der Waals surface area contributed by atoms with Crippen LogP contribution in [0.3, 0.4) is 0 Å². The second-order valence-corrected chi connectivity index (χ2v) is 11.0. The number of halogens is 1. The Kier molecular flexibility index (Phi) is 6.04. The number of ether oxygens (including phenoxy) is 1. The first-order valence-electron chi connectivity index (χ1n) is 12.0. The van der Waals surface area contributed by atoms with E-state index in [0.29, 0.717) is 25.7 Å². The van der Waals surface area contributed by atoms with E-state index in [9.17, 15) is 29.4 Å². The lowest BCUT2D eigenvalue weighted by molar-refractivity contribution is -0.227. The van der Waals surface area contributed by atoms with Crippen molar-refractivity contribution in [2.75, 3.05) is 6.61 Å². The number of allylic oxidation sites excluding steroid dienone is 1. The van der Waals surface area contributed by atoms with Gasteiger partial charge in [0.15, 0.2) is 12.4 Å². The monoisotopic (exact) mass is 480 g/mol. The van der Waals surface area contributed by atoms with Crippen LogP contribution in [0.15, 0.2) is 11.6 Å². The van der Waals surface area contributed by atoms with Crippen LogP contribution in [0.25, 0.3) is 0 Å². The van der Waals surface area contributed by atoms with E-state index in [4.69, 9.17) is 9.84 Å². The smallest absolute Gasteiger partial charge is 0.306 e. The molecular formula is C25H33FO8. The van der Waals surface area contributed by atoms with Gasteiger partial charge in [-0.2, -0.15) is 0 Å². The van der Waals surface area contributed by atoms with Gasteiger partial charge in [0, 0.05) is 23.2 Å². The number of esters is 1. The minimum absolute atomic E-state index is 0.0246. The summed E-state index contributed by atoms with van der Waals surface area (Å²) in [6.07, 6.45) is 1.11. The number of aliphatic hydroxyl groups is 2. The van der Waals surface area contributed by atoms with Crippen LogP contribution in [-0.4, -0.2) is 62.8 Å². The molecule has 0 aromatic heterocycles. The van der Waals surface area contributed by atoms with Crippen molar-refractivity contribution in [2.24, 2.45) is 22.7 Å². The number of ketones is 2. The standard InChI is InChI=1S/C25H33FO8/c1-22-9-7-15(27)11-14(22)3-4-17-16-8-10-24(33,23(16,2)12-18(28)25(17,22)26)19(29)13-34-21(32)6-5-20(30)31/h11,16-18,28,33H,3-10,12-13H2,1-2H3,(H,30,31). The Labute approximate surface area is 197 Å². The number of rotatable bonds is 6. The number of carbonyl (C=O) groups excluding carboxylic acids is 3. The Balaban J connectivity index is 1.57. The van der Waals surface area contributed by atoms with Gasteiger partial charge in [-0.25, -0.2) is 4.39 Å². The van der Waals surface area contributed by atoms with E-state index in [-0.39, 0.29) is 37.4 Å². The fraction of sp³-hybridized carbons (Fsp3) is 0.760. The van der Waals surface area contributed by atoms with E-state index in [1.54, 1.807) is 13.8 Å². The Morgan fingerprint density at radius 3 is 2.50 bits per heavy atom. The molecule has 0 spiro atoms. The molecule has 0 saturated heterocycles. The summed E-state index contributed by atoms with van der Waals surface area (Å²) in [5.41, 5.74) is -5.22. The van der Waals surface area contributed by atoms with Gasteiger partial charge in [0.05, 0.1) is 18.9 Å². The molecule has 0 amide bonds. The fourth-order valence-corrected chi connectivity index (χ4v) is 7.58. The minimum Gasteiger partial charge on any atom is -0.481 e. The van der Waals surface area contributed by atoms with Gasteiger partial charge in [-0.15, -0.1) is 0 Å². The van der Waals surface area contributed by atoms with Crippen molar-refractivity contribution in [1.82, 2.24) is 0 Å². The maximum atomic E-state index is 17.0. The SMILES string of the molecule is CC12CCC(=O)C=C1CCC1C3CCC(O)(C(=O)COC(=O)CCC(=O)O)C3(C)CC(O)C12F. The van der Waals surface area contributed by atoms with Crippen molar-refractivity contribution in [3.63, 3.8) is 0 Å². The third kappa shape index (κ3) is 3.38. The van der Waals surface area contributed by atoms with Gasteiger partial charge in [-0.1, -0.05) is 19.4 Å². The number of carbonyl (C=O) groups is 4. The number of carboxylic acid groups (broad SMARTS) is 1. The third-order valence-electron chi connectivity index (χ3n) is 9.56. The van der Waals surface area contributed by atoms with Gasteiger partial charge in [-0.3, -0.25) is 19.2 Å². The zero-order valence-electron chi connectivity index (χ0n) is 19.6. The summed E-state index contributed by atoms with van der Waals surface area (Å²) < 4.78 is 22.0.